The molecule has 278 valence electrons. The molecular weight excluding hydrogens is 723 g/mol. The highest BCUT2D eigenvalue weighted by Crippen LogP contribution is 2.66. The van der Waals surface area contributed by atoms with Crippen molar-refractivity contribution in [3.8, 4) is 45.3 Å². The lowest BCUT2D eigenvalue weighted by atomic mass is 9.70. The molecule has 1 aromatic heterocycles. The van der Waals surface area contributed by atoms with Gasteiger partial charge in [-0.25, -0.2) is 0 Å². The summed E-state index contributed by atoms with van der Waals surface area (Å²) in [7, 11) is 0. The molecule has 0 saturated heterocycles. The third kappa shape index (κ3) is 4.49. The van der Waals surface area contributed by atoms with Crippen LogP contribution in [0.3, 0.4) is 0 Å². The van der Waals surface area contributed by atoms with E-state index in [0.717, 1.165) is 46.1 Å². The molecule has 4 heteroatoms. The van der Waals surface area contributed by atoms with Crippen LogP contribution in [0.5, 0.6) is 23.0 Å². The van der Waals surface area contributed by atoms with Gasteiger partial charge in [0.15, 0.2) is 23.0 Å². The lowest BCUT2D eigenvalue weighted by Crippen LogP contribution is -2.25. The zero-order valence-corrected chi connectivity index (χ0v) is 31.9. The maximum Gasteiger partial charge on any atom is 0.194 e. The van der Waals surface area contributed by atoms with Crippen LogP contribution in [0.2, 0.25) is 0 Å². The van der Waals surface area contributed by atoms with E-state index in [-0.39, 0.29) is 5.92 Å². The molecule has 1 spiro atoms. The van der Waals surface area contributed by atoms with Gasteiger partial charge in [0.25, 0.3) is 0 Å². The number of para-hydroxylation sites is 3. The Labute approximate surface area is 341 Å². The normalized spacial score (nSPS) is 15.6. The third-order valence-corrected chi connectivity index (χ3v) is 12.9. The molecule has 9 aromatic rings. The van der Waals surface area contributed by atoms with Crippen molar-refractivity contribution in [2.24, 2.45) is 0 Å². The zero-order chi connectivity index (χ0) is 38.7. The van der Waals surface area contributed by atoms with Crippen molar-refractivity contribution in [1.82, 2.24) is 0 Å². The molecule has 0 bridgehead atoms. The second-order valence-electron chi connectivity index (χ2n) is 15.9. The van der Waals surface area contributed by atoms with Crippen LogP contribution in [0.1, 0.15) is 45.1 Å². The molecule has 13 rings (SSSR count). The highest BCUT2D eigenvalue weighted by molar-refractivity contribution is 5.98. The zero-order valence-electron chi connectivity index (χ0n) is 31.9. The molecular formula is C55H35NO3. The topological polar surface area (TPSA) is 34.8 Å². The van der Waals surface area contributed by atoms with Crippen LogP contribution in [0, 0.1) is 0 Å². The number of rotatable bonds is 4. The minimum atomic E-state index is -0.464. The van der Waals surface area contributed by atoms with Crippen LogP contribution >= 0.6 is 0 Å². The van der Waals surface area contributed by atoms with Crippen LogP contribution in [-0.2, 0) is 11.8 Å². The van der Waals surface area contributed by atoms with Gasteiger partial charge < -0.3 is 18.8 Å². The molecule has 8 aromatic carbocycles. The van der Waals surface area contributed by atoms with Gasteiger partial charge in [-0.3, -0.25) is 0 Å². The predicted octanol–water partition coefficient (Wildman–Crippen LogP) is 14.5. The number of furan rings is 1. The molecule has 4 nitrogen and oxygen atoms in total. The van der Waals surface area contributed by atoms with Crippen LogP contribution in [0.15, 0.2) is 192 Å². The van der Waals surface area contributed by atoms with Gasteiger partial charge in [0.05, 0.1) is 11.1 Å². The average molecular weight is 758 g/mol. The Morgan fingerprint density at radius 1 is 0.508 bits per heavy atom. The van der Waals surface area contributed by atoms with E-state index in [9.17, 15) is 0 Å². The quantitative estimate of drug-likeness (QED) is 0.179. The summed E-state index contributed by atoms with van der Waals surface area (Å²) in [5.41, 5.74) is 15.8. The molecule has 0 fully saturated rings. The number of fused-ring (bicyclic) bond motifs is 16. The first kappa shape index (κ1) is 32.5. The molecule has 2 heterocycles. The summed E-state index contributed by atoms with van der Waals surface area (Å²) in [5, 5.41) is 1.19. The summed E-state index contributed by atoms with van der Waals surface area (Å²) >= 11 is 0. The van der Waals surface area contributed by atoms with E-state index in [1.165, 1.54) is 55.5 Å². The predicted molar refractivity (Wildman–Crippen MR) is 236 cm³/mol. The number of benzene rings is 8. The van der Waals surface area contributed by atoms with Crippen molar-refractivity contribution in [3.63, 3.8) is 0 Å². The van der Waals surface area contributed by atoms with Crippen molar-refractivity contribution in [2.75, 3.05) is 4.90 Å². The van der Waals surface area contributed by atoms with E-state index in [1.807, 2.05) is 12.1 Å². The van der Waals surface area contributed by atoms with Gasteiger partial charge in [-0.15, -0.1) is 0 Å². The van der Waals surface area contributed by atoms with Gasteiger partial charge in [0.1, 0.15) is 11.3 Å². The molecule has 1 aliphatic heterocycles. The number of hydrogen-bond acceptors (Lipinski definition) is 4. The van der Waals surface area contributed by atoms with E-state index in [4.69, 9.17) is 13.9 Å². The summed E-state index contributed by atoms with van der Waals surface area (Å²) in [6.07, 6.45) is 5.29. The number of ether oxygens (including phenoxy) is 2. The maximum atomic E-state index is 7.13. The van der Waals surface area contributed by atoms with Crippen molar-refractivity contribution < 1.29 is 13.9 Å². The number of nitrogens with zero attached hydrogens (tertiary/aromatic N) is 1. The second kappa shape index (κ2) is 12.2. The molecule has 1 atom stereocenters. The first-order chi connectivity index (χ1) is 29.3. The van der Waals surface area contributed by atoms with E-state index in [1.54, 1.807) is 0 Å². The number of allylic oxidation sites excluding steroid dienone is 1. The van der Waals surface area contributed by atoms with Crippen LogP contribution < -0.4 is 14.4 Å². The van der Waals surface area contributed by atoms with Gasteiger partial charge in [0.2, 0.25) is 0 Å². The minimum absolute atomic E-state index is 0.198. The third-order valence-electron chi connectivity index (χ3n) is 12.9. The summed E-state index contributed by atoms with van der Waals surface area (Å²) in [5.74, 6) is 3.97. The average Bonchev–Trinajstić information content (AvgIpc) is 3.93. The molecule has 0 amide bonds. The molecule has 3 aliphatic carbocycles. The first-order valence-corrected chi connectivity index (χ1v) is 20.3. The second-order valence-corrected chi connectivity index (χ2v) is 15.9. The Bertz CT molecular complexity index is 3180. The number of hydrogen-bond donors (Lipinski definition) is 0. The largest absolute Gasteiger partial charge is 0.456 e. The van der Waals surface area contributed by atoms with Crippen molar-refractivity contribution in [2.45, 2.75) is 17.8 Å². The summed E-state index contributed by atoms with van der Waals surface area (Å²) in [6, 6.07) is 64.9. The van der Waals surface area contributed by atoms with Crippen molar-refractivity contribution in [1.29, 1.82) is 0 Å². The Balaban J connectivity index is 0.933. The molecule has 59 heavy (non-hydrogen) atoms. The SMILES string of the molecule is C1=CC(c2cccc(N(c3ccccc3)c3cccc4c3Oc3ccc5c(c3O4)-c3ccccc3C53c4ccccc4-c4ccccc43)c2)Cc2c1oc1ccccc21. The highest BCUT2D eigenvalue weighted by atomic mass is 16.6. The smallest absolute Gasteiger partial charge is 0.194 e. The Kier molecular flexibility index (Phi) is 6.74. The summed E-state index contributed by atoms with van der Waals surface area (Å²) in [4.78, 5) is 2.28. The lowest BCUT2D eigenvalue weighted by Gasteiger charge is -2.32. The maximum absolute atomic E-state index is 7.13. The Hall–Kier alpha value is -7.56. The van der Waals surface area contributed by atoms with Crippen LogP contribution in [0.4, 0.5) is 17.1 Å². The molecule has 0 saturated carbocycles. The minimum Gasteiger partial charge on any atom is -0.456 e. The lowest BCUT2D eigenvalue weighted by molar-refractivity contribution is 0.361. The molecule has 0 N–H and O–H groups in total. The van der Waals surface area contributed by atoms with Crippen molar-refractivity contribution >= 4 is 34.1 Å². The highest BCUT2D eigenvalue weighted by Gasteiger charge is 2.53. The van der Waals surface area contributed by atoms with Crippen LogP contribution in [-0.4, -0.2) is 0 Å². The van der Waals surface area contributed by atoms with Gasteiger partial charge in [-0.05, 0) is 106 Å². The van der Waals surface area contributed by atoms with Gasteiger partial charge in [-0.1, -0.05) is 140 Å². The Morgan fingerprint density at radius 2 is 1.15 bits per heavy atom. The van der Waals surface area contributed by atoms with Crippen molar-refractivity contribution in [3.05, 3.63) is 227 Å². The van der Waals surface area contributed by atoms with E-state index in [0.29, 0.717) is 17.2 Å². The monoisotopic (exact) mass is 757 g/mol. The van der Waals surface area contributed by atoms with E-state index < -0.39 is 5.41 Å². The fourth-order valence-corrected chi connectivity index (χ4v) is 10.5. The molecule has 4 aliphatic rings. The summed E-state index contributed by atoms with van der Waals surface area (Å²) < 4.78 is 20.4. The Morgan fingerprint density at radius 3 is 1.97 bits per heavy atom. The number of anilines is 3. The fourth-order valence-electron chi connectivity index (χ4n) is 10.5. The van der Waals surface area contributed by atoms with Crippen LogP contribution in [0.25, 0.3) is 39.3 Å². The van der Waals surface area contributed by atoms with E-state index >= 15 is 0 Å². The van der Waals surface area contributed by atoms with Gasteiger partial charge in [-0.2, -0.15) is 0 Å². The molecule has 1 unspecified atom stereocenters. The fraction of sp³-hybridized carbons (Fsp3) is 0.0545. The van der Waals surface area contributed by atoms with Gasteiger partial charge in [0, 0.05) is 33.8 Å². The molecule has 0 radical (unpaired) electrons. The summed E-state index contributed by atoms with van der Waals surface area (Å²) in [6.45, 7) is 0. The van der Waals surface area contributed by atoms with E-state index in [2.05, 4.69) is 187 Å². The first-order valence-electron chi connectivity index (χ1n) is 20.3. The standard InChI is InChI=1S/C55H35NO3/c1-2-15-36(16-3-1)56(37-17-12-14-34(32-37)35-28-30-49-42(33-35)40-20-7-11-26-48(40)57-49)47-25-13-27-50-53(47)58-51-31-29-46-52(54(51)59-50)41-21-6-10-24-45(41)55(46)43-22-8-4-18-38(43)39-19-5-9-23-44(39)55/h1-32,35H,33H2. The van der Waals surface area contributed by atoms with Gasteiger partial charge >= 0.3 is 0 Å².